The van der Waals surface area contributed by atoms with Crippen LogP contribution in [0.2, 0.25) is 10.0 Å². The van der Waals surface area contributed by atoms with Gasteiger partial charge in [0, 0.05) is 0 Å². The van der Waals surface area contributed by atoms with Crippen molar-refractivity contribution in [3.05, 3.63) is 63.4 Å². The Hall–Kier alpha value is -2.44. The first-order valence-electron chi connectivity index (χ1n) is 7.35. The van der Waals surface area contributed by atoms with Crippen molar-refractivity contribution < 1.29 is 18.5 Å². The van der Waals surface area contributed by atoms with Crippen LogP contribution in [0.1, 0.15) is 27.8 Å². The van der Waals surface area contributed by atoms with Crippen molar-refractivity contribution in [2.24, 2.45) is 0 Å². The highest BCUT2D eigenvalue weighted by Gasteiger charge is 2.17. The summed E-state index contributed by atoms with van der Waals surface area (Å²) in [5, 5.41) is 7.22. The van der Waals surface area contributed by atoms with Crippen LogP contribution < -0.4 is 10.1 Å². The molecular formula is C17H14Cl2N2O4. The van der Waals surface area contributed by atoms with Crippen LogP contribution in [0.15, 0.2) is 39.3 Å². The molecule has 0 radical (unpaired) electrons. The van der Waals surface area contributed by atoms with Gasteiger partial charge in [-0.15, -0.1) is 0 Å². The zero-order chi connectivity index (χ0) is 18.0. The predicted molar refractivity (Wildman–Crippen MR) is 93.4 cm³/mol. The maximum atomic E-state index is 12.2. The van der Waals surface area contributed by atoms with Crippen molar-refractivity contribution in [3.63, 3.8) is 0 Å². The van der Waals surface area contributed by atoms with Gasteiger partial charge in [-0.25, -0.2) is 0 Å². The molecule has 0 fully saturated rings. The lowest BCUT2D eigenvalue weighted by Crippen LogP contribution is -2.12. The first-order chi connectivity index (χ1) is 12.0. The van der Waals surface area contributed by atoms with Crippen LogP contribution in [-0.2, 0) is 6.61 Å². The number of benzene rings is 1. The number of hydrogen-bond acceptors (Lipinski definition) is 5. The molecule has 0 aliphatic carbocycles. The van der Waals surface area contributed by atoms with Crippen molar-refractivity contribution in [2.45, 2.75) is 20.5 Å². The van der Waals surface area contributed by atoms with Crippen molar-refractivity contribution in [3.8, 4) is 5.75 Å². The molecule has 0 unspecified atom stereocenters. The van der Waals surface area contributed by atoms with Crippen LogP contribution in [0.5, 0.6) is 5.75 Å². The average molecular weight is 381 g/mol. The SMILES string of the molecule is Cc1noc(C)c1NC(=O)c1ccc(COc2cccc(Cl)c2Cl)o1. The van der Waals surface area contributed by atoms with E-state index in [4.69, 9.17) is 36.9 Å². The van der Waals surface area contributed by atoms with E-state index in [9.17, 15) is 4.79 Å². The lowest BCUT2D eigenvalue weighted by Gasteiger charge is -2.07. The van der Waals surface area contributed by atoms with Crippen LogP contribution in [-0.4, -0.2) is 11.1 Å². The Morgan fingerprint density at radius 1 is 1.24 bits per heavy atom. The normalized spacial score (nSPS) is 10.7. The first kappa shape index (κ1) is 17.4. The number of amides is 1. The molecule has 2 aromatic heterocycles. The van der Waals surface area contributed by atoms with E-state index in [1.165, 1.54) is 0 Å². The molecule has 1 aromatic carbocycles. The fourth-order valence-corrected chi connectivity index (χ4v) is 2.50. The van der Waals surface area contributed by atoms with Crippen molar-refractivity contribution in [1.82, 2.24) is 5.16 Å². The van der Waals surface area contributed by atoms with Crippen molar-refractivity contribution >= 4 is 34.8 Å². The lowest BCUT2D eigenvalue weighted by molar-refractivity contribution is 0.0992. The van der Waals surface area contributed by atoms with Gasteiger partial charge in [-0.3, -0.25) is 4.79 Å². The van der Waals surface area contributed by atoms with Gasteiger partial charge in [0.05, 0.1) is 5.02 Å². The van der Waals surface area contributed by atoms with Gasteiger partial charge < -0.3 is 19.0 Å². The Kier molecular flexibility index (Phi) is 5.01. The van der Waals surface area contributed by atoms with E-state index in [1.807, 2.05) is 0 Å². The summed E-state index contributed by atoms with van der Waals surface area (Å²) in [6.45, 7) is 3.56. The molecule has 0 saturated heterocycles. The molecule has 1 amide bonds. The van der Waals surface area contributed by atoms with Crippen LogP contribution in [0.3, 0.4) is 0 Å². The highest BCUT2D eigenvalue weighted by Crippen LogP contribution is 2.32. The number of aryl methyl sites for hydroxylation is 2. The molecule has 2 heterocycles. The van der Waals surface area contributed by atoms with Crippen LogP contribution >= 0.6 is 23.2 Å². The van der Waals surface area contributed by atoms with Gasteiger partial charge in [-0.2, -0.15) is 0 Å². The molecule has 1 N–H and O–H groups in total. The topological polar surface area (TPSA) is 77.5 Å². The summed E-state index contributed by atoms with van der Waals surface area (Å²) in [6.07, 6.45) is 0. The third-order valence-corrected chi connectivity index (χ3v) is 4.25. The number of anilines is 1. The van der Waals surface area contributed by atoms with Crippen LogP contribution in [0, 0.1) is 13.8 Å². The first-order valence-corrected chi connectivity index (χ1v) is 8.11. The molecule has 0 aliphatic heterocycles. The maximum Gasteiger partial charge on any atom is 0.291 e. The number of rotatable bonds is 5. The minimum atomic E-state index is -0.401. The van der Waals surface area contributed by atoms with E-state index in [0.717, 1.165) is 0 Å². The minimum absolute atomic E-state index is 0.110. The Morgan fingerprint density at radius 2 is 2.04 bits per heavy atom. The predicted octanol–water partition coefficient (Wildman–Crippen LogP) is 5.02. The fourth-order valence-electron chi connectivity index (χ4n) is 2.16. The molecule has 130 valence electrons. The van der Waals surface area contributed by atoms with Gasteiger partial charge in [0.15, 0.2) is 11.5 Å². The largest absolute Gasteiger partial charge is 0.484 e. The van der Waals surface area contributed by atoms with Crippen LogP contribution in [0.25, 0.3) is 0 Å². The van der Waals surface area contributed by atoms with E-state index in [-0.39, 0.29) is 12.4 Å². The third-order valence-electron chi connectivity index (χ3n) is 3.44. The Labute approximate surface area is 153 Å². The summed E-state index contributed by atoms with van der Waals surface area (Å²) in [4.78, 5) is 12.2. The molecule has 0 bridgehead atoms. The summed E-state index contributed by atoms with van der Waals surface area (Å²) in [6, 6.07) is 8.31. The molecule has 0 spiro atoms. The van der Waals surface area contributed by atoms with Gasteiger partial charge in [0.25, 0.3) is 5.91 Å². The number of aromatic nitrogens is 1. The molecule has 3 rings (SSSR count). The zero-order valence-corrected chi connectivity index (χ0v) is 14.9. The van der Waals surface area contributed by atoms with Gasteiger partial charge in [0.1, 0.15) is 34.5 Å². The van der Waals surface area contributed by atoms with E-state index < -0.39 is 5.91 Å². The molecule has 0 aliphatic rings. The van der Waals surface area contributed by atoms with E-state index >= 15 is 0 Å². The molecule has 6 nitrogen and oxygen atoms in total. The molecule has 3 aromatic rings. The quantitative estimate of drug-likeness (QED) is 0.671. The zero-order valence-electron chi connectivity index (χ0n) is 13.4. The van der Waals surface area contributed by atoms with E-state index in [0.29, 0.717) is 38.7 Å². The molecule has 0 atom stereocenters. The summed E-state index contributed by atoms with van der Waals surface area (Å²) in [7, 11) is 0. The number of halogens is 2. The van der Waals surface area contributed by atoms with Crippen molar-refractivity contribution in [2.75, 3.05) is 5.32 Å². The fraction of sp³-hybridized carbons (Fsp3) is 0.176. The summed E-state index contributed by atoms with van der Waals surface area (Å²) in [5.41, 5.74) is 1.13. The van der Waals surface area contributed by atoms with Gasteiger partial charge in [-0.05, 0) is 38.1 Å². The van der Waals surface area contributed by atoms with Crippen LogP contribution in [0.4, 0.5) is 5.69 Å². The smallest absolute Gasteiger partial charge is 0.291 e. The van der Waals surface area contributed by atoms with E-state index in [2.05, 4.69) is 10.5 Å². The standard InChI is InChI=1S/C17H14Cl2N2O4/c1-9-16(10(2)25-21-9)20-17(22)14-7-6-11(24-14)8-23-13-5-3-4-12(18)15(13)19/h3-7H,8H2,1-2H3,(H,20,22). The Bertz CT molecular complexity index is 898. The average Bonchev–Trinajstić information content (AvgIpc) is 3.18. The number of ether oxygens (including phenoxy) is 1. The maximum absolute atomic E-state index is 12.2. The Morgan fingerprint density at radius 3 is 2.76 bits per heavy atom. The van der Waals surface area contributed by atoms with Gasteiger partial charge >= 0.3 is 0 Å². The number of hydrogen-bond donors (Lipinski definition) is 1. The third kappa shape index (κ3) is 3.81. The number of furan rings is 1. The monoisotopic (exact) mass is 380 g/mol. The number of carbonyl (C=O) groups is 1. The van der Waals surface area contributed by atoms with Gasteiger partial charge in [-0.1, -0.05) is 34.4 Å². The van der Waals surface area contributed by atoms with E-state index in [1.54, 1.807) is 44.2 Å². The highest BCUT2D eigenvalue weighted by molar-refractivity contribution is 6.42. The molecule has 8 heteroatoms. The summed E-state index contributed by atoms with van der Waals surface area (Å²) >= 11 is 12.0. The molecular weight excluding hydrogens is 367 g/mol. The molecule has 0 saturated carbocycles. The second-order valence-corrected chi connectivity index (χ2v) is 6.05. The second kappa shape index (κ2) is 7.21. The minimum Gasteiger partial charge on any atom is -0.484 e. The second-order valence-electron chi connectivity index (χ2n) is 5.26. The number of carbonyl (C=O) groups excluding carboxylic acids is 1. The van der Waals surface area contributed by atoms with Gasteiger partial charge in [0.2, 0.25) is 0 Å². The summed E-state index contributed by atoms with van der Waals surface area (Å²) < 4.78 is 16.1. The molecule has 25 heavy (non-hydrogen) atoms. The number of nitrogens with zero attached hydrogens (tertiary/aromatic N) is 1. The van der Waals surface area contributed by atoms with Crippen molar-refractivity contribution in [1.29, 1.82) is 0 Å². The summed E-state index contributed by atoms with van der Waals surface area (Å²) in [5.74, 6) is 1.18. The Balaban J connectivity index is 1.66. The lowest BCUT2D eigenvalue weighted by atomic mass is 10.3. The number of nitrogens with one attached hydrogen (secondary N) is 1. The highest BCUT2D eigenvalue weighted by atomic mass is 35.5.